The normalized spacial score (nSPS) is 10.3. The van der Waals surface area contributed by atoms with Gasteiger partial charge in [-0.05, 0) is 25.1 Å². The van der Waals surface area contributed by atoms with Crippen LogP contribution in [0.3, 0.4) is 0 Å². The van der Waals surface area contributed by atoms with Crippen molar-refractivity contribution in [3.63, 3.8) is 0 Å². The Balaban J connectivity index is 1.98. The largest absolute Gasteiger partial charge is 0.480 e. The highest BCUT2D eigenvalue weighted by molar-refractivity contribution is 5.94. The molecule has 1 amide bonds. The maximum Gasteiger partial charge on any atom is 0.251 e. The molecule has 1 heterocycles. The minimum Gasteiger partial charge on any atom is -0.480 e. The van der Waals surface area contributed by atoms with Crippen LogP contribution in [0, 0.1) is 0 Å². The molecule has 0 aliphatic heterocycles. The zero-order valence-corrected chi connectivity index (χ0v) is 12.7. The molecule has 0 aliphatic rings. The highest BCUT2D eigenvalue weighted by atomic mass is 16.5. The Kier molecular flexibility index (Phi) is 5.85. The summed E-state index contributed by atoms with van der Waals surface area (Å²) < 4.78 is 10.1. The predicted octanol–water partition coefficient (Wildman–Crippen LogP) is 1.92. The van der Waals surface area contributed by atoms with Crippen molar-refractivity contribution in [3.8, 4) is 17.1 Å². The number of benzene rings is 1. The molecule has 0 spiro atoms. The van der Waals surface area contributed by atoms with Crippen LogP contribution < -0.4 is 10.1 Å². The Morgan fingerprint density at radius 2 is 1.91 bits per heavy atom. The molecule has 2 rings (SSSR count). The number of carbonyl (C=O) groups is 1. The smallest absolute Gasteiger partial charge is 0.251 e. The Morgan fingerprint density at radius 1 is 1.14 bits per heavy atom. The molecule has 6 heteroatoms. The van der Waals surface area contributed by atoms with Gasteiger partial charge in [-0.3, -0.25) is 4.79 Å². The lowest BCUT2D eigenvalue weighted by molar-refractivity contribution is 0.0922. The van der Waals surface area contributed by atoms with Gasteiger partial charge >= 0.3 is 0 Å². The second kappa shape index (κ2) is 8.09. The number of aromatic nitrogens is 2. The number of rotatable bonds is 7. The van der Waals surface area contributed by atoms with Crippen molar-refractivity contribution in [2.24, 2.45) is 0 Å². The number of nitrogens with zero attached hydrogens (tertiary/aromatic N) is 2. The summed E-state index contributed by atoms with van der Waals surface area (Å²) in [7, 11) is 1.54. The molecule has 116 valence electrons. The molecule has 1 N–H and O–H groups in total. The lowest BCUT2D eigenvalue weighted by Crippen LogP contribution is -2.27. The third-order valence-electron chi connectivity index (χ3n) is 3.03. The van der Waals surface area contributed by atoms with Gasteiger partial charge in [0.2, 0.25) is 5.88 Å². The molecule has 0 radical (unpaired) electrons. The molecule has 0 atom stereocenters. The summed E-state index contributed by atoms with van der Waals surface area (Å²) in [5, 5.41) is 10.8. The van der Waals surface area contributed by atoms with Crippen LogP contribution in [-0.4, -0.2) is 43.0 Å². The van der Waals surface area contributed by atoms with E-state index >= 15 is 0 Å². The molecular weight excluding hydrogens is 282 g/mol. The fraction of sp³-hybridized carbons (Fsp3) is 0.312. The van der Waals surface area contributed by atoms with E-state index in [9.17, 15) is 4.79 Å². The second-order valence-electron chi connectivity index (χ2n) is 4.49. The van der Waals surface area contributed by atoms with E-state index in [1.807, 2.05) is 25.1 Å². The van der Waals surface area contributed by atoms with Crippen LogP contribution in [0.1, 0.15) is 17.3 Å². The molecular formula is C16H19N3O3. The van der Waals surface area contributed by atoms with Gasteiger partial charge in [-0.1, -0.05) is 12.1 Å². The van der Waals surface area contributed by atoms with Crippen molar-refractivity contribution in [2.45, 2.75) is 6.92 Å². The summed E-state index contributed by atoms with van der Waals surface area (Å²) in [5.41, 5.74) is 2.21. The fourth-order valence-corrected chi connectivity index (χ4v) is 1.86. The van der Waals surface area contributed by atoms with Gasteiger partial charge < -0.3 is 14.8 Å². The van der Waals surface area contributed by atoms with Gasteiger partial charge in [-0.25, -0.2) is 0 Å². The summed E-state index contributed by atoms with van der Waals surface area (Å²) in [6.07, 6.45) is 0. The van der Waals surface area contributed by atoms with Crippen molar-refractivity contribution in [3.05, 3.63) is 42.0 Å². The minimum atomic E-state index is -0.118. The average Bonchev–Trinajstić information content (AvgIpc) is 2.59. The van der Waals surface area contributed by atoms with Crippen LogP contribution >= 0.6 is 0 Å². The second-order valence-corrected chi connectivity index (χ2v) is 4.49. The van der Waals surface area contributed by atoms with Crippen molar-refractivity contribution >= 4 is 5.91 Å². The monoisotopic (exact) mass is 301 g/mol. The quantitative estimate of drug-likeness (QED) is 0.791. The summed E-state index contributed by atoms with van der Waals surface area (Å²) in [6.45, 7) is 3.58. The standard InChI is InChI=1S/C16H19N3O3/c1-3-22-11-10-17-16(20)13-6-4-12(5-7-13)14-8-9-15(21-2)19-18-14/h4-9H,3,10-11H2,1-2H3,(H,17,20). The van der Waals surface area contributed by atoms with Crippen LogP contribution in [0.15, 0.2) is 36.4 Å². The highest BCUT2D eigenvalue weighted by Gasteiger charge is 2.06. The molecule has 0 fully saturated rings. The molecule has 6 nitrogen and oxygen atoms in total. The van der Waals surface area contributed by atoms with E-state index in [-0.39, 0.29) is 5.91 Å². The van der Waals surface area contributed by atoms with Gasteiger partial charge in [-0.2, -0.15) is 0 Å². The van der Waals surface area contributed by atoms with E-state index in [0.717, 1.165) is 11.3 Å². The highest BCUT2D eigenvalue weighted by Crippen LogP contribution is 2.18. The Bertz CT molecular complexity index is 597. The van der Waals surface area contributed by atoms with Gasteiger partial charge in [0.1, 0.15) is 0 Å². The van der Waals surface area contributed by atoms with Gasteiger partial charge in [0.25, 0.3) is 5.91 Å². The molecule has 1 aromatic carbocycles. The van der Waals surface area contributed by atoms with Crippen molar-refractivity contribution in [2.75, 3.05) is 26.9 Å². The Hall–Kier alpha value is -2.47. The van der Waals surface area contributed by atoms with E-state index < -0.39 is 0 Å². The number of methoxy groups -OCH3 is 1. The summed E-state index contributed by atoms with van der Waals surface area (Å²) in [4.78, 5) is 11.9. The number of ether oxygens (including phenoxy) is 2. The number of nitrogens with one attached hydrogen (secondary N) is 1. The fourth-order valence-electron chi connectivity index (χ4n) is 1.86. The number of hydrogen-bond donors (Lipinski definition) is 1. The van der Waals surface area contributed by atoms with Crippen LogP contribution in [-0.2, 0) is 4.74 Å². The lowest BCUT2D eigenvalue weighted by atomic mass is 10.1. The van der Waals surface area contributed by atoms with Crippen molar-refractivity contribution in [1.82, 2.24) is 15.5 Å². The van der Waals surface area contributed by atoms with Gasteiger partial charge in [-0.15, -0.1) is 10.2 Å². The minimum absolute atomic E-state index is 0.118. The zero-order valence-electron chi connectivity index (χ0n) is 12.7. The molecule has 1 aromatic heterocycles. The van der Waals surface area contributed by atoms with E-state index in [1.54, 1.807) is 25.3 Å². The molecule has 0 unspecified atom stereocenters. The summed E-state index contributed by atoms with van der Waals surface area (Å²) >= 11 is 0. The number of hydrogen-bond acceptors (Lipinski definition) is 5. The molecule has 22 heavy (non-hydrogen) atoms. The van der Waals surface area contributed by atoms with Crippen molar-refractivity contribution < 1.29 is 14.3 Å². The summed E-state index contributed by atoms with van der Waals surface area (Å²) in [5.74, 6) is 0.348. The maximum absolute atomic E-state index is 11.9. The molecule has 0 saturated heterocycles. The first-order valence-electron chi connectivity index (χ1n) is 7.08. The van der Waals surface area contributed by atoms with E-state index in [0.29, 0.717) is 31.2 Å². The lowest BCUT2D eigenvalue weighted by Gasteiger charge is -2.06. The Labute approximate surface area is 129 Å². The zero-order chi connectivity index (χ0) is 15.8. The van der Waals surface area contributed by atoms with Gasteiger partial charge in [0, 0.05) is 30.3 Å². The van der Waals surface area contributed by atoms with E-state index in [2.05, 4.69) is 15.5 Å². The SMILES string of the molecule is CCOCCNC(=O)c1ccc(-c2ccc(OC)nn2)cc1. The molecule has 0 aliphatic carbocycles. The first-order valence-corrected chi connectivity index (χ1v) is 7.08. The number of amides is 1. The van der Waals surface area contributed by atoms with Crippen molar-refractivity contribution in [1.29, 1.82) is 0 Å². The van der Waals surface area contributed by atoms with Gasteiger partial charge in [0.05, 0.1) is 19.4 Å². The van der Waals surface area contributed by atoms with Crippen LogP contribution in [0.2, 0.25) is 0 Å². The molecule has 0 saturated carbocycles. The third-order valence-corrected chi connectivity index (χ3v) is 3.03. The van der Waals surface area contributed by atoms with Crippen LogP contribution in [0.5, 0.6) is 5.88 Å². The number of carbonyl (C=O) groups excluding carboxylic acids is 1. The van der Waals surface area contributed by atoms with Crippen LogP contribution in [0.25, 0.3) is 11.3 Å². The van der Waals surface area contributed by atoms with Gasteiger partial charge in [0.15, 0.2) is 0 Å². The molecule has 2 aromatic rings. The third kappa shape index (κ3) is 4.26. The first kappa shape index (κ1) is 15.9. The van der Waals surface area contributed by atoms with Crippen LogP contribution in [0.4, 0.5) is 0 Å². The Morgan fingerprint density at radius 3 is 2.50 bits per heavy atom. The predicted molar refractivity (Wildman–Crippen MR) is 82.8 cm³/mol. The average molecular weight is 301 g/mol. The first-order chi connectivity index (χ1) is 10.7. The molecule has 0 bridgehead atoms. The topological polar surface area (TPSA) is 73.3 Å². The van der Waals surface area contributed by atoms with E-state index in [1.165, 1.54) is 0 Å². The maximum atomic E-state index is 11.9. The summed E-state index contributed by atoms with van der Waals surface area (Å²) in [6, 6.07) is 10.8. The van der Waals surface area contributed by atoms with E-state index in [4.69, 9.17) is 9.47 Å².